The molecule has 2 aromatic carbocycles. The second-order valence-electron chi connectivity index (χ2n) is 6.14. The van der Waals surface area contributed by atoms with Crippen LogP contribution in [-0.4, -0.2) is 29.0 Å². The number of carbonyl (C=O) groups is 2. The van der Waals surface area contributed by atoms with Crippen LogP contribution in [0.3, 0.4) is 0 Å². The molecule has 0 saturated heterocycles. The summed E-state index contributed by atoms with van der Waals surface area (Å²) in [4.78, 5) is 37.5. The van der Waals surface area contributed by atoms with E-state index in [-0.39, 0.29) is 23.4 Å². The van der Waals surface area contributed by atoms with Gasteiger partial charge in [0.15, 0.2) is 16.7 Å². The van der Waals surface area contributed by atoms with Crippen LogP contribution in [0.15, 0.2) is 52.4 Å². The Balaban J connectivity index is 1.70. The molecule has 0 radical (unpaired) electrons. The first-order valence-electron chi connectivity index (χ1n) is 8.70. The highest BCUT2D eigenvalue weighted by Crippen LogP contribution is 2.32. The maximum atomic E-state index is 12.0. The van der Waals surface area contributed by atoms with Crippen LogP contribution in [0, 0.1) is 10.1 Å². The molecule has 3 rings (SSSR count). The minimum Gasteiger partial charge on any atom is -0.493 e. The molecule has 0 unspecified atom stereocenters. The number of nitrogens with one attached hydrogen (secondary N) is 1. The predicted molar refractivity (Wildman–Crippen MR) is 112 cm³/mol. The molecule has 0 aliphatic carbocycles. The summed E-state index contributed by atoms with van der Waals surface area (Å²) in [6.45, 7) is 1.55. The van der Waals surface area contributed by atoms with Crippen LogP contribution in [0.2, 0.25) is 0 Å². The number of amidine groups is 1. The number of aliphatic imine (C=N–C) groups is 1. The fourth-order valence-corrected chi connectivity index (χ4v) is 3.39. The van der Waals surface area contributed by atoms with Gasteiger partial charge in [-0.3, -0.25) is 19.7 Å². The quantitative estimate of drug-likeness (QED) is 0.427. The smallest absolute Gasteiger partial charge is 0.286 e. The highest BCUT2D eigenvalue weighted by atomic mass is 32.2. The third kappa shape index (κ3) is 5.23. The van der Waals surface area contributed by atoms with Crippen molar-refractivity contribution in [1.29, 1.82) is 0 Å². The van der Waals surface area contributed by atoms with Crippen LogP contribution in [0.5, 0.6) is 11.5 Å². The number of thioether (sulfide) groups is 1. The van der Waals surface area contributed by atoms with Crippen LogP contribution in [0.1, 0.15) is 18.1 Å². The topological polar surface area (TPSA) is 120 Å². The number of hydrogen-bond acceptors (Lipinski definition) is 7. The normalized spacial score (nSPS) is 14.4. The molecule has 1 aliphatic rings. The second-order valence-corrected chi connectivity index (χ2v) is 7.17. The molecule has 0 bridgehead atoms. The van der Waals surface area contributed by atoms with Gasteiger partial charge in [-0.25, -0.2) is 0 Å². The monoisotopic (exact) mass is 427 g/mol. The number of rotatable bonds is 6. The summed E-state index contributed by atoms with van der Waals surface area (Å²) in [5, 5.41) is 13.5. The number of methoxy groups -OCH3 is 1. The van der Waals surface area contributed by atoms with Gasteiger partial charge in [0.25, 0.3) is 11.6 Å². The standard InChI is InChI=1S/C20H17N3O6S/c1-12(24)21-20-22-19(25)18(30-20)10-14-5-8-16(17(9-14)28-2)29-11-13-3-6-15(7-4-13)23(26)27/h3-10H,11H2,1-2H3,(H,21,22,24,25). The van der Waals surface area contributed by atoms with E-state index in [1.165, 1.54) is 26.2 Å². The first-order valence-corrected chi connectivity index (χ1v) is 9.51. The maximum Gasteiger partial charge on any atom is 0.286 e. The van der Waals surface area contributed by atoms with Crippen LogP contribution in [0.4, 0.5) is 5.69 Å². The lowest BCUT2D eigenvalue weighted by atomic mass is 10.2. The Labute approximate surface area is 175 Å². The van der Waals surface area contributed by atoms with Gasteiger partial charge in [0.2, 0.25) is 5.91 Å². The largest absolute Gasteiger partial charge is 0.493 e. The Morgan fingerprint density at radius 2 is 1.97 bits per heavy atom. The SMILES string of the molecule is COc1cc(C=C2SC(NC(C)=O)=NC2=O)ccc1OCc1ccc([N+](=O)[O-])cc1. The van der Waals surface area contributed by atoms with E-state index in [1.54, 1.807) is 36.4 Å². The van der Waals surface area contributed by atoms with Gasteiger partial charge in [-0.15, -0.1) is 0 Å². The summed E-state index contributed by atoms with van der Waals surface area (Å²) >= 11 is 1.08. The van der Waals surface area contributed by atoms with Gasteiger partial charge < -0.3 is 14.8 Å². The average Bonchev–Trinajstić information content (AvgIpc) is 3.05. The van der Waals surface area contributed by atoms with Crippen molar-refractivity contribution < 1.29 is 24.0 Å². The minimum atomic E-state index is -0.460. The van der Waals surface area contributed by atoms with Crippen LogP contribution in [0.25, 0.3) is 6.08 Å². The lowest BCUT2D eigenvalue weighted by molar-refractivity contribution is -0.384. The Bertz CT molecular complexity index is 1060. The molecule has 0 atom stereocenters. The third-order valence-electron chi connectivity index (χ3n) is 3.93. The van der Waals surface area contributed by atoms with Crippen molar-refractivity contribution >= 4 is 40.5 Å². The van der Waals surface area contributed by atoms with Crippen molar-refractivity contribution in [2.75, 3.05) is 7.11 Å². The van der Waals surface area contributed by atoms with Crippen LogP contribution < -0.4 is 14.8 Å². The zero-order valence-electron chi connectivity index (χ0n) is 16.1. The number of benzene rings is 2. The van der Waals surface area contributed by atoms with Crippen LogP contribution in [-0.2, 0) is 16.2 Å². The van der Waals surface area contributed by atoms with Crippen molar-refractivity contribution in [1.82, 2.24) is 5.32 Å². The number of carbonyl (C=O) groups excluding carboxylic acids is 2. The number of ether oxygens (including phenoxy) is 2. The van der Waals surface area contributed by atoms with E-state index in [0.717, 1.165) is 17.3 Å². The number of amides is 2. The minimum absolute atomic E-state index is 0.0127. The Morgan fingerprint density at radius 3 is 2.60 bits per heavy atom. The van der Waals surface area contributed by atoms with Gasteiger partial charge in [0.05, 0.1) is 16.9 Å². The molecule has 1 heterocycles. The first kappa shape index (κ1) is 21.1. The van der Waals surface area contributed by atoms with E-state index in [2.05, 4.69) is 10.3 Å². The van der Waals surface area contributed by atoms with Crippen molar-refractivity contribution in [3.63, 3.8) is 0 Å². The summed E-state index contributed by atoms with van der Waals surface area (Å²) in [6, 6.07) is 11.2. The molecule has 1 N–H and O–H groups in total. The number of non-ortho nitro benzene ring substituents is 1. The van der Waals surface area contributed by atoms with E-state index in [9.17, 15) is 19.7 Å². The maximum absolute atomic E-state index is 12.0. The van der Waals surface area contributed by atoms with Crippen molar-refractivity contribution in [2.45, 2.75) is 13.5 Å². The summed E-state index contributed by atoms with van der Waals surface area (Å²) in [5.74, 6) is 0.219. The fraction of sp³-hybridized carbons (Fsp3) is 0.150. The second kappa shape index (κ2) is 9.23. The van der Waals surface area contributed by atoms with Crippen molar-refractivity contribution in [3.05, 3.63) is 68.6 Å². The Kier molecular flexibility index (Phi) is 6.48. The molecule has 0 spiro atoms. The molecule has 30 heavy (non-hydrogen) atoms. The summed E-state index contributed by atoms with van der Waals surface area (Å²) in [5.41, 5.74) is 1.48. The van der Waals surface area contributed by atoms with Gasteiger partial charge in [0, 0.05) is 19.1 Å². The zero-order valence-corrected chi connectivity index (χ0v) is 16.9. The predicted octanol–water partition coefficient (Wildman–Crippen LogP) is 3.29. The van der Waals surface area contributed by atoms with Crippen molar-refractivity contribution in [2.24, 2.45) is 4.99 Å². The molecule has 10 heteroatoms. The number of nitro groups is 1. The molecular formula is C20H17N3O6S. The van der Waals surface area contributed by atoms with E-state index >= 15 is 0 Å². The highest BCUT2D eigenvalue weighted by Gasteiger charge is 2.22. The van der Waals surface area contributed by atoms with Crippen molar-refractivity contribution in [3.8, 4) is 11.5 Å². The molecular weight excluding hydrogens is 410 g/mol. The highest BCUT2D eigenvalue weighted by molar-refractivity contribution is 8.18. The van der Waals surface area contributed by atoms with E-state index < -0.39 is 10.8 Å². The Hall–Kier alpha value is -3.66. The molecule has 1 aliphatic heterocycles. The molecule has 0 aromatic heterocycles. The van der Waals surface area contributed by atoms with Gasteiger partial charge in [0.1, 0.15) is 6.61 Å². The number of nitrogens with zero attached hydrogens (tertiary/aromatic N) is 2. The summed E-state index contributed by atoms with van der Waals surface area (Å²) in [7, 11) is 1.50. The van der Waals surface area contributed by atoms with Gasteiger partial charge in [-0.2, -0.15) is 4.99 Å². The molecule has 2 amide bonds. The first-order chi connectivity index (χ1) is 14.4. The fourth-order valence-electron chi connectivity index (χ4n) is 2.53. The number of hydrogen-bond donors (Lipinski definition) is 1. The Morgan fingerprint density at radius 1 is 1.23 bits per heavy atom. The van der Waals surface area contributed by atoms with Crippen LogP contribution >= 0.6 is 11.8 Å². The summed E-state index contributed by atoms with van der Waals surface area (Å²) < 4.78 is 11.1. The average molecular weight is 427 g/mol. The molecule has 0 fully saturated rings. The zero-order chi connectivity index (χ0) is 21.7. The molecule has 0 saturated carbocycles. The van der Waals surface area contributed by atoms with E-state index in [4.69, 9.17) is 9.47 Å². The van der Waals surface area contributed by atoms with Gasteiger partial charge in [-0.05, 0) is 53.2 Å². The molecule has 2 aromatic rings. The van der Waals surface area contributed by atoms with Gasteiger partial charge >= 0.3 is 0 Å². The molecule has 154 valence electrons. The lowest BCUT2D eigenvalue weighted by Gasteiger charge is -2.11. The summed E-state index contributed by atoms with van der Waals surface area (Å²) in [6.07, 6.45) is 1.65. The van der Waals surface area contributed by atoms with E-state index in [1.807, 2.05) is 0 Å². The molecule has 9 nitrogen and oxygen atoms in total. The third-order valence-corrected chi connectivity index (χ3v) is 4.83. The van der Waals surface area contributed by atoms with Gasteiger partial charge in [-0.1, -0.05) is 6.07 Å². The van der Waals surface area contributed by atoms with E-state index in [0.29, 0.717) is 22.0 Å². The lowest BCUT2D eigenvalue weighted by Crippen LogP contribution is -2.23. The number of nitro benzene ring substituents is 1.